The Morgan fingerprint density at radius 3 is 2.52 bits per heavy atom. The zero-order chi connectivity index (χ0) is 15.5. The van der Waals surface area contributed by atoms with Gasteiger partial charge in [-0.1, -0.05) is 30.3 Å². The number of nitrogens with zero attached hydrogens (tertiary/aromatic N) is 2. The van der Waals surface area contributed by atoms with Crippen LogP contribution in [-0.4, -0.2) is 30.7 Å². The third-order valence-corrected chi connectivity index (χ3v) is 3.93. The molecule has 1 aliphatic rings. The molecule has 0 amide bonds. The number of nitriles is 1. The van der Waals surface area contributed by atoms with Gasteiger partial charge in [0.15, 0.2) is 0 Å². The minimum atomic E-state index is -4.19. The van der Waals surface area contributed by atoms with Crippen molar-refractivity contribution >= 4 is 0 Å². The first-order valence-corrected chi connectivity index (χ1v) is 6.90. The third-order valence-electron chi connectivity index (χ3n) is 3.93. The Morgan fingerprint density at radius 1 is 1.29 bits per heavy atom. The Labute approximate surface area is 122 Å². The Balaban J connectivity index is 2.11. The molecule has 6 heteroatoms. The molecular formula is C15H18F3N3. The summed E-state index contributed by atoms with van der Waals surface area (Å²) in [5.74, 6) is -1.33. The summed E-state index contributed by atoms with van der Waals surface area (Å²) in [6, 6.07) is 10.9. The number of likely N-dealkylation sites (tertiary alicyclic amines) is 1. The summed E-state index contributed by atoms with van der Waals surface area (Å²) < 4.78 is 38.5. The Hall–Kier alpha value is -1.58. The maximum atomic E-state index is 12.8. The molecule has 3 nitrogen and oxygen atoms in total. The molecule has 1 heterocycles. The summed E-state index contributed by atoms with van der Waals surface area (Å²) in [4.78, 5) is 1.65. The Bertz CT molecular complexity index is 509. The molecule has 1 aliphatic heterocycles. The predicted molar refractivity (Wildman–Crippen MR) is 73.1 cm³/mol. The summed E-state index contributed by atoms with van der Waals surface area (Å²) in [6.45, 7) is 0.567. The molecule has 0 aromatic heterocycles. The second-order valence-electron chi connectivity index (χ2n) is 5.57. The van der Waals surface area contributed by atoms with Gasteiger partial charge in [-0.25, -0.2) is 0 Å². The van der Waals surface area contributed by atoms with Gasteiger partial charge in [0, 0.05) is 13.1 Å². The number of hydrogen-bond acceptors (Lipinski definition) is 3. The molecule has 2 N–H and O–H groups in total. The van der Waals surface area contributed by atoms with E-state index in [9.17, 15) is 18.4 Å². The number of piperidine rings is 1. The second kappa shape index (κ2) is 6.04. The summed E-state index contributed by atoms with van der Waals surface area (Å²) in [5.41, 5.74) is 5.46. The van der Waals surface area contributed by atoms with E-state index in [1.165, 1.54) is 0 Å². The van der Waals surface area contributed by atoms with Crippen LogP contribution in [0, 0.1) is 17.2 Å². The van der Waals surface area contributed by atoms with Crippen molar-refractivity contribution in [1.29, 1.82) is 5.26 Å². The largest absolute Gasteiger partial charge is 0.393 e. The molecule has 21 heavy (non-hydrogen) atoms. The molecule has 2 atom stereocenters. The smallest absolute Gasteiger partial charge is 0.309 e. The summed E-state index contributed by atoms with van der Waals surface area (Å²) in [6.07, 6.45) is -3.56. The third kappa shape index (κ3) is 3.74. The highest BCUT2D eigenvalue weighted by atomic mass is 19.4. The molecule has 0 saturated carbocycles. The lowest BCUT2D eigenvalue weighted by Gasteiger charge is -2.37. The molecule has 0 spiro atoms. The lowest BCUT2D eigenvalue weighted by atomic mass is 9.90. The molecule has 0 radical (unpaired) electrons. The number of rotatable bonds is 3. The topological polar surface area (TPSA) is 53.1 Å². The van der Waals surface area contributed by atoms with E-state index in [-0.39, 0.29) is 19.5 Å². The van der Waals surface area contributed by atoms with Crippen LogP contribution in [0.4, 0.5) is 13.2 Å². The number of nitrogens with two attached hydrogens (primary N) is 1. The first-order chi connectivity index (χ1) is 9.85. The fourth-order valence-electron chi connectivity index (χ4n) is 2.75. The molecule has 114 valence electrons. The minimum Gasteiger partial charge on any atom is -0.309 e. The van der Waals surface area contributed by atoms with Crippen LogP contribution in [0.15, 0.2) is 30.3 Å². The number of hydrogen-bond donors (Lipinski definition) is 1. The van der Waals surface area contributed by atoms with E-state index in [0.29, 0.717) is 18.5 Å². The van der Waals surface area contributed by atoms with E-state index in [4.69, 9.17) is 5.73 Å². The molecule has 1 aromatic carbocycles. The molecular weight excluding hydrogens is 279 g/mol. The van der Waals surface area contributed by atoms with Gasteiger partial charge in [-0.2, -0.15) is 18.4 Å². The zero-order valence-corrected chi connectivity index (χ0v) is 11.6. The van der Waals surface area contributed by atoms with E-state index >= 15 is 0 Å². The summed E-state index contributed by atoms with van der Waals surface area (Å²) >= 11 is 0. The van der Waals surface area contributed by atoms with E-state index in [1.807, 2.05) is 6.07 Å². The van der Waals surface area contributed by atoms with Crippen LogP contribution in [0.1, 0.15) is 18.4 Å². The van der Waals surface area contributed by atoms with Crippen LogP contribution in [-0.2, 0) is 5.54 Å². The lowest BCUT2D eigenvalue weighted by molar-refractivity contribution is -0.187. The summed E-state index contributed by atoms with van der Waals surface area (Å²) in [5, 5.41) is 9.37. The van der Waals surface area contributed by atoms with Crippen molar-refractivity contribution in [3.63, 3.8) is 0 Å². The van der Waals surface area contributed by atoms with Crippen molar-refractivity contribution in [3.05, 3.63) is 35.9 Å². The van der Waals surface area contributed by atoms with Gasteiger partial charge < -0.3 is 5.73 Å². The molecule has 2 rings (SSSR count). The van der Waals surface area contributed by atoms with Crippen molar-refractivity contribution in [1.82, 2.24) is 4.90 Å². The number of halogens is 3. The average molecular weight is 297 g/mol. The van der Waals surface area contributed by atoms with Gasteiger partial charge >= 0.3 is 6.18 Å². The molecule has 0 bridgehead atoms. The average Bonchev–Trinajstić information content (AvgIpc) is 2.47. The van der Waals surface area contributed by atoms with Crippen molar-refractivity contribution in [2.24, 2.45) is 11.7 Å². The van der Waals surface area contributed by atoms with Crippen molar-refractivity contribution < 1.29 is 13.2 Å². The van der Waals surface area contributed by atoms with Crippen LogP contribution < -0.4 is 5.73 Å². The van der Waals surface area contributed by atoms with Gasteiger partial charge in [-0.3, -0.25) is 4.90 Å². The fourth-order valence-corrected chi connectivity index (χ4v) is 2.75. The van der Waals surface area contributed by atoms with Crippen LogP contribution in [0.2, 0.25) is 0 Å². The van der Waals surface area contributed by atoms with Gasteiger partial charge in [0.2, 0.25) is 0 Å². The molecule has 2 unspecified atom stereocenters. The highest BCUT2D eigenvalue weighted by Crippen LogP contribution is 2.34. The number of alkyl halides is 3. The maximum Gasteiger partial charge on any atom is 0.393 e. The van der Waals surface area contributed by atoms with Crippen molar-refractivity contribution in [3.8, 4) is 6.07 Å². The van der Waals surface area contributed by atoms with Crippen LogP contribution in [0.5, 0.6) is 0 Å². The predicted octanol–water partition coefficient (Wildman–Crippen LogP) is 2.64. The van der Waals surface area contributed by atoms with Crippen LogP contribution in [0.3, 0.4) is 0 Å². The van der Waals surface area contributed by atoms with Crippen LogP contribution >= 0.6 is 0 Å². The zero-order valence-electron chi connectivity index (χ0n) is 11.6. The second-order valence-corrected chi connectivity index (χ2v) is 5.57. The Kier molecular flexibility index (Phi) is 4.55. The number of benzene rings is 1. The molecule has 1 aromatic rings. The van der Waals surface area contributed by atoms with Gasteiger partial charge in [-0.15, -0.1) is 0 Å². The normalized spacial score (nSPS) is 23.3. The monoisotopic (exact) mass is 297 g/mol. The first-order valence-electron chi connectivity index (χ1n) is 6.90. The van der Waals surface area contributed by atoms with Gasteiger partial charge in [0.1, 0.15) is 5.54 Å². The molecule has 1 saturated heterocycles. The highest BCUT2D eigenvalue weighted by Gasteiger charge is 2.43. The van der Waals surface area contributed by atoms with Crippen molar-refractivity contribution in [2.45, 2.75) is 24.6 Å². The van der Waals surface area contributed by atoms with E-state index in [0.717, 1.165) is 0 Å². The van der Waals surface area contributed by atoms with E-state index in [1.54, 1.807) is 29.2 Å². The highest BCUT2D eigenvalue weighted by molar-refractivity contribution is 5.31. The Morgan fingerprint density at radius 2 is 1.95 bits per heavy atom. The van der Waals surface area contributed by atoms with Gasteiger partial charge in [0.05, 0.1) is 12.0 Å². The lowest BCUT2D eigenvalue weighted by Crippen LogP contribution is -2.51. The van der Waals surface area contributed by atoms with Crippen molar-refractivity contribution in [2.75, 3.05) is 19.6 Å². The first kappa shape index (κ1) is 15.8. The van der Waals surface area contributed by atoms with Crippen LogP contribution in [0.25, 0.3) is 0 Å². The fraction of sp³-hybridized carbons (Fsp3) is 0.533. The van der Waals surface area contributed by atoms with E-state index < -0.39 is 17.6 Å². The molecule has 1 fully saturated rings. The van der Waals surface area contributed by atoms with Gasteiger partial charge in [-0.05, 0) is 24.9 Å². The maximum absolute atomic E-state index is 12.8. The molecule has 0 aliphatic carbocycles. The van der Waals surface area contributed by atoms with E-state index in [2.05, 4.69) is 6.07 Å². The quantitative estimate of drug-likeness (QED) is 0.933. The standard InChI is InChI=1S/C15H18F3N3/c16-15(17,18)13-7-4-8-21(9-13)11-14(20,10-19)12-5-2-1-3-6-12/h1-3,5-6,13H,4,7-9,11,20H2. The van der Waals surface area contributed by atoms with Gasteiger partial charge in [0.25, 0.3) is 0 Å². The summed E-state index contributed by atoms with van der Waals surface area (Å²) in [7, 11) is 0. The minimum absolute atomic E-state index is 0.0863. The SMILES string of the molecule is N#CC(N)(CN1CCCC(C(F)(F)F)C1)c1ccccc1.